The normalized spacial score (nSPS) is 10.7. The van der Waals surface area contributed by atoms with Gasteiger partial charge in [0.1, 0.15) is 0 Å². The Hall–Kier alpha value is -0.820. The van der Waals surface area contributed by atoms with Gasteiger partial charge in [-0.05, 0) is 6.92 Å². The minimum atomic E-state index is -3.35. The zero-order valence-electron chi connectivity index (χ0n) is 6.34. The molecule has 0 aliphatic heterocycles. The number of amides is 2. The number of carbonyl (C=O) groups excluding carboxylic acids is 1. The Balaban J connectivity index is 3.80. The molecule has 0 aromatic heterocycles. The first-order chi connectivity index (χ1) is 5.02. The molecule has 3 N–H and O–H groups in total. The Morgan fingerprint density at radius 3 is 2.36 bits per heavy atom. The fraction of sp³-hybridized carbons (Fsp3) is 0.750. The van der Waals surface area contributed by atoms with Crippen LogP contribution in [0.2, 0.25) is 0 Å². The van der Waals surface area contributed by atoms with E-state index in [0.29, 0.717) is 0 Å². The van der Waals surface area contributed by atoms with Gasteiger partial charge in [-0.15, -0.1) is 4.83 Å². The smallest absolute Gasteiger partial charge is 0.329 e. The molecule has 0 fully saturated rings. The molecule has 0 unspecified atom stereocenters. The van der Waals surface area contributed by atoms with E-state index in [1.54, 1.807) is 0 Å². The van der Waals surface area contributed by atoms with Crippen LogP contribution in [-0.4, -0.2) is 27.2 Å². The largest absolute Gasteiger partial charge is 0.340 e. The number of hydrazine groups is 1. The molecule has 0 aliphatic rings. The molecule has 6 nitrogen and oxygen atoms in total. The van der Waals surface area contributed by atoms with Crippen molar-refractivity contribution in [3.63, 3.8) is 0 Å². The second-order valence-electron chi connectivity index (χ2n) is 1.71. The van der Waals surface area contributed by atoms with Gasteiger partial charge in [-0.3, -0.25) is 5.43 Å². The summed E-state index contributed by atoms with van der Waals surface area (Å²) < 4.78 is 21.3. The first kappa shape index (κ1) is 10.2. The third-order valence-corrected chi connectivity index (χ3v) is 2.10. The summed E-state index contributed by atoms with van der Waals surface area (Å²) in [5, 5.41) is 2.18. The highest BCUT2D eigenvalue weighted by Gasteiger charge is 2.05. The number of hydrogen-bond donors (Lipinski definition) is 3. The van der Waals surface area contributed by atoms with Crippen molar-refractivity contribution >= 4 is 16.1 Å². The van der Waals surface area contributed by atoms with Crippen LogP contribution in [0.5, 0.6) is 0 Å². The predicted molar refractivity (Wildman–Crippen MR) is 40.2 cm³/mol. The zero-order chi connectivity index (χ0) is 8.91. The Kier molecular flexibility index (Phi) is 3.83. The topological polar surface area (TPSA) is 87.3 Å². The Morgan fingerprint density at radius 1 is 1.45 bits per heavy atom. The van der Waals surface area contributed by atoms with E-state index in [1.807, 2.05) is 10.3 Å². The molecule has 0 aromatic carbocycles. The average molecular weight is 181 g/mol. The summed E-state index contributed by atoms with van der Waals surface area (Å²) in [7, 11) is -1.96. The lowest BCUT2D eigenvalue weighted by Crippen LogP contribution is -2.46. The summed E-state index contributed by atoms with van der Waals surface area (Å²) in [6, 6.07) is -0.595. The lowest BCUT2D eigenvalue weighted by atomic mass is 11.0. The van der Waals surface area contributed by atoms with Gasteiger partial charge >= 0.3 is 6.03 Å². The standard InChI is InChI=1S/C4H11N3O3S/c1-3-11(9,10)7-6-4(8)5-2/h7H,3H2,1-2H3,(H2,5,6,8). The Morgan fingerprint density at radius 2 is 2.00 bits per heavy atom. The number of urea groups is 1. The second kappa shape index (κ2) is 4.14. The van der Waals surface area contributed by atoms with Crippen molar-refractivity contribution < 1.29 is 13.2 Å². The minimum Gasteiger partial charge on any atom is -0.340 e. The molecule has 0 atom stereocenters. The number of sulfonamides is 1. The van der Waals surface area contributed by atoms with Crippen molar-refractivity contribution in [2.75, 3.05) is 12.8 Å². The van der Waals surface area contributed by atoms with Crippen molar-refractivity contribution in [3.8, 4) is 0 Å². The SMILES string of the molecule is CCS(=O)(=O)NNC(=O)NC. The fourth-order valence-electron chi connectivity index (χ4n) is 0.259. The number of nitrogens with one attached hydrogen (secondary N) is 3. The molecule has 2 amide bonds. The van der Waals surface area contributed by atoms with Gasteiger partial charge in [0, 0.05) is 7.05 Å². The van der Waals surface area contributed by atoms with Crippen LogP contribution in [0.25, 0.3) is 0 Å². The number of hydrogen-bond acceptors (Lipinski definition) is 3. The highest BCUT2D eigenvalue weighted by Crippen LogP contribution is 1.77. The zero-order valence-corrected chi connectivity index (χ0v) is 7.16. The molecule has 7 heteroatoms. The molecule has 0 heterocycles. The van der Waals surface area contributed by atoms with Gasteiger partial charge in [0.05, 0.1) is 5.75 Å². The quantitative estimate of drug-likeness (QED) is 0.476. The Bertz CT molecular complexity index is 223. The molecule has 0 saturated heterocycles. The summed E-state index contributed by atoms with van der Waals surface area (Å²) in [5.41, 5.74) is 1.94. The van der Waals surface area contributed by atoms with Crippen LogP contribution in [0.3, 0.4) is 0 Å². The van der Waals surface area contributed by atoms with E-state index in [-0.39, 0.29) is 5.75 Å². The van der Waals surface area contributed by atoms with Gasteiger partial charge in [0.2, 0.25) is 10.0 Å². The molecule has 0 radical (unpaired) electrons. The van der Waals surface area contributed by atoms with Crippen molar-refractivity contribution in [1.82, 2.24) is 15.6 Å². The molecule has 0 spiro atoms. The molecule has 0 rings (SSSR count). The third kappa shape index (κ3) is 4.57. The molecule has 0 bridgehead atoms. The molecule has 0 aromatic rings. The number of rotatable bonds is 3. The summed E-state index contributed by atoms with van der Waals surface area (Å²) in [6.45, 7) is 1.47. The van der Waals surface area contributed by atoms with Gasteiger partial charge in [0.25, 0.3) is 0 Å². The van der Waals surface area contributed by atoms with Gasteiger partial charge in [0.15, 0.2) is 0 Å². The highest BCUT2D eigenvalue weighted by molar-refractivity contribution is 7.89. The van der Waals surface area contributed by atoms with Crippen LogP contribution in [0.4, 0.5) is 4.79 Å². The van der Waals surface area contributed by atoms with Crippen molar-refractivity contribution in [3.05, 3.63) is 0 Å². The predicted octanol–water partition coefficient (Wildman–Crippen LogP) is -1.23. The van der Waals surface area contributed by atoms with E-state index < -0.39 is 16.1 Å². The lowest BCUT2D eigenvalue weighted by molar-refractivity contribution is 0.241. The fourth-order valence-corrected chi connectivity index (χ4v) is 0.651. The maximum absolute atomic E-state index is 10.7. The van der Waals surface area contributed by atoms with Crippen LogP contribution in [0.15, 0.2) is 0 Å². The third-order valence-electron chi connectivity index (χ3n) is 0.927. The van der Waals surface area contributed by atoms with Gasteiger partial charge < -0.3 is 5.32 Å². The summed E-state index contributed by atoms with van der Waals surface area (Å²) in [5.74, 6) is -0.0724. The van der Waals surface area contributed by atoms with Crippen molar-refractivity contribution in [1.29, 1.82) is 0 Å². The first-order valence-corrected chi connectivity index (χ1v) is 4.64. The molecule has 0 aliphatic carbocycles. The van der Waals surface area contributed by atoms with Crippen molar-refractivity contribution in [2.45, 2.75) is 6.92 Å². The van der Waals surface area contributed by atoms with Crippen LogP contribution >= 0.6 is 0 Å². The molecule has 66 valence electrons. The molecule has 0 saturated carbocycles. The number of carbonyl (C=O) groups is 1. The van der Waals surface area contributed by atoms with Crippen LogP contribution in [-0.2, 0) is 10.0 Å². The van der Waals surface area contributed by atoms with Crippen LogP contribution < -0.4 is 15.6 Å². The molecular formula is C4H11N3O3S. The maximum Gasteiger partial charge on any atom is 0.329 e. The van der Waals surface area contributed by atoms with Crippen LogP contribution in [0, 0.1) is 0 Å². The van der Waals surface area contributed by atoms with E-state index >= 15 is 0 Å². The van der Waals surface area contributed by atoms with Gasteiger partial charge in [-0.1, -0.05) is 0 Å². The average Bonchev–Trinajstić information content (AvgIpc) is 2.00. The summed E-state index contributed by atoms with van der Waals surface area (Å²) in [4.78, 5) is 12.3. The van der Waals surface area contributed by atoms with E-state index in [4.69, 9.17) is 0 Å². The second-order valence-corrected chi connectivity index (χ2v) is 3.72. The minimum absolute atomic E-state index is 0.0724. The molecule has 11 heavy (non-hydrogen) atoms. The van der Waals surface area contributed by atoms with E-state index in [2.05, 4.69) is 5.32 Å². The summed E-state index contributed by atoms with van der Waals surface area (Å²) >= 11 is 0. The van der Waals surface area contributed by atoms with Crippen molar-refractivity contribution in [2.24, 2.45) is 0 Å². The van der Waals surface area contributed by atoms with E-state index in [0.717, 1.165) is 0 Å². The van der Waals surface area contributed by atoms with E-state index in [1.165, 1.54) is 14.0 Å². The summed E-state index contributed by atoms with van der Waals surface area (Å²) in [6.07, 6.45) is 0. The highest BCUT2D eigenvalue weighted by atomic mass is 32.2. The van der Waals surface area contributed by atoms with Gasteiger partial charge in [-0.25, -0.2) is 13.2 Å². The monoisotopic (exact) mass is 181 g/mol. The van der Waals surface area contributed by atoms with Gasteiger partial charge in [-0.2, -0.15) is 0 Å². The molecular weight excluding hydrogens is 170 g/mol. The van der Waals surface area contributed by atoms with E-state index in [9.17, 15) is 13.2 Å². The maximum atomic E-state index is 10.7. The van der Waals surface area contributed by atoms with Crippen LogP contribution in [0.1, 0.15) is 6.92 Å². The first-order valence-electron chi connectivity index (χ1n) is 2.99. The lowest BCUT2D eigenvalue weighted by Gasteiger charge is -2.04. The Labute approximate surface area is 65.4 Å².